The Balaban J connectivity index is 1.66. The maximum atomic E-state index is 12.3. The van der Waals surface area contributed by atoms with Crippen LogP contribution in [0, 0.1) is 0 Å². The second-order valence-electron chi connectivity index (χ2n) is 5.43. The van der Waals surface area contributed by atoms with Crippen LogP contribution in [0.1, 0.15) is 21.7 Å². The average molecular weight is 398 g/mol. The van der Waals surface area contributed by atoms with Gasteiger partial charge in [0.05, 0.1) is 10.2 Å². The molecule has 6 nitrogen and oxygen atoms in total. The molecule has 0 amide bonds. The minimum atomic E-state index is -0.117. The number of nitrogens with two attached hydrogens (primary N) is 1. The van der Waals surface area contributed by atoms with Gasteiger partial charge in [-0.25, -0.2) is 15.0 Å². The first-order chi connectivity index (χ1) is 12.1. The number of rotatable bonds is 6. The molecule has 7 heteroatoms. The quantitative estimate of drug-likeness (QED) is 0.619. The summed E-state index contributed by atoms with van der Waals surface area (Å²) in [6, 6.07) is 11.5. The molecule has 3 rings (SSSR count). The number of halogens is 1. The topological polar surface area (TPSA) is 93.8 Å². The van der Waals surface area contributed by atoms with Gasteiger partial charge in [0.15, 0.2) is 5.82 Å². The summed E-state index contributed by atoms with van der Waals surface area (Å²) < 4.78 is 0.742. The van der Waals surface area contributed by atoms with Crippen molar-refractivity contribution in [3.05, 3.63) is 76.4 Å². The van der Waals surface area contributed by atoms with E-state index in [1.807, 2.05) is 36.4 Å². The van der Waals surface area contributed by atoms with Crippen LogP contribution < -0.4 is 11.1 Å². The number of Topliss-reactive ketones (excluding diaryl/α,β-unsaturated/α-hetero) is 1. The van der Waals surface area contributed by atoms with Gasteiger partial charge in [0.25, 0.3) is 0 Å². The van der Waals surface area contributed by atoms with Gasteiger partial charge in [-0.05, 0) is 39.2 Å². The molecule has 0 aliphatic carbocycles. The third kappa shape index (κ3) is 4.60. The molecule has 0 radical (unpaired) electrons. The van der Waals surface area contributed by atoms with Crippen LogP contribution in [0.25, 0.3) is 0 Å². The lowest BCUT2D eigenvalue weighted by Crippen LogP contribution is -2.09. The van der Waals surface area contributed by atoms with E-state index in [0.29, 0.717) is 12.4 Å². The second kappa shape index (κ2) is 7.85. The Morgan fingerprint density at radius 2 is 1.84 bits per heavy atom. The summed E-state index contributed by atoms with van der Waals surface area (Å²) in [6.45, 7) is 0.590. The largest absolute Gasteiger partial charge is 0.382 e. The molecule has 2 aromatic heterocycles. The number of aromatic nitrogens is 3. The summed E-state index contributed by atoms with van der Waals surface area (Å²) in [7, 11) is 0. The first-order valence-electron chi connectivity index (χ1n) is 7.65. The lowest BCUT2D eigenvalue weighted by Gasteiger charge is -2.09. The Kier molecular flexibility index (Phi) is 5.35. The summed E-state index contributed by atoms with van der Waals surface area (Å²) in [5.41, 5.74) is 8.56. The number of anilines is 2. The molecule has 1 aromatic carbocycles. The molecule has 0 aliphatic rings. The highest BCUT2D eigenvalue weighted by Gasteiger charge is 2.10. The number of hydrogen-bond donors (Lipinski definition) is 2. The monoisotopic (exact) mass is 397 g/mol. The standard InChI is InChI=1S/C18H16BrN5O/c19-14-10-23-18(24-11-14)16(25)8-12-3-1-4-13(7-12)9-22-15-5-2-6-21-17(15)20/h1-7,10-11,22H,8-9H2,(H2,20,21). The van der Waals surface area contributed by atoms with Crippen LogP contribution in [-0.4, -0.2) is 20.7 Å². The zero-order valence-corrected chi connectivity index (χ0v) is 14.9. The van der Waals surface area contributed by atoms with E-state index in [-0.39, 0.29) is 18.0 Å². The van der Waals surface area contributed by atoms with Gasteiger partial charge in [0.1, 0.15) is 5.82 Å². The predicted molar refractivity (Wildman–Crippen MR) is 100 cm³/mol. The molecule has 0 unspecified atom stereocenters. The van der Waals surface area contributed by atoms with Gasteiger partial charge in [-0.15, -0.1) is 0 Å². The van der Waals surface area contributed by atoms with E-state index in [4.69, 9.17) is 5.73 Å². The van der Waals surface area contributed by atoms with Gasteiger partial charge in [0, 0.05) is 31.6 Å². The van der Waals surface area contributed by atoms with Crippen molar-refractivity contribution in [2.24, 2.45) is 0 Å². The minimum Gasteiger partial charge on any atom is -0.382 e. The van der Waals surface area contributed by atoms with Crippen molar-refractivity contribution in [3.8, 4) is 0 Å². The Hall–Kier alpha value is -2.80. The van der Waals surface area contributed by atoms with Crippen molar-refractivity contribution >= 4 is 33.2 Å². The number of nitrogen functional groups attached to an aromatic ring is 1. The number of carbonyl (C=O) groups excluding carboxylic acids is 1. The lowest BCUT2D eigenvalue weighted by molar-refractivity contribution is 0.0983. The van der Waals surface area contributed by atoms with Crippen LogP contribution >= 0.6 is 15.9 Å². The fraction of sp³-hybridized carbons (Fsp3) is 0.111. The predicted octanol–water partition coefficient (Wildman–Crippen LogP) is 3.25. The number of nitrogens with one attached hydrogen (secondary N) is 1. The zero-order chi connectivity index (χ0) is 17.6. The summed E-state index contributed by atoms with van der Waals surface area (Å²) in [6.07, 6.45) is 5.04. The third-order valence-electron chi connectivity index (χ3n) is 3.55. The van der Waals surface area contributed by atoms with E-state index >= 15 is 0 Å². The highest BCUT2D eigenvalue weighted by atomic mass is 79.9. The second-order valence-corrected chi connectivity index (χ2v) is 6.35. The van der Waals surface area contributed by atoms with Crippen LogP contribution in [0.4, 0.5) is 11.5 Å². The first kappa shape index (κ1) is 17.0. The number of pyridine rings is 1. The number of hydrogen-bond acceptors (Lipinski definition) is 6. The van der Waals surface area contributed by atoms with Gasteiger partial charge in [-0.2, -0.15) is 0 Å². The van der Waals surface area contributed by atoms with Gasteiger partial charge < -0.3 is 11.1 Å². The van der Waals surface area contributed by atoms with E-state index in [0.717, 1.165) is 21.3 Å². The van der Waals surface area contributed by atoms with Crippen LogP contribution in [0.3, 0.4) is 0 Å². The van der Waals surface area contributed by atoms with Crippen molar-refractivity contribution in [2.75, 3.05) is 11.1 Å². The molecule has 0 spiro atoms. The molecule has 0 atom stereocenters. The maximum Gasteiger partial charge on any atom is 0.204 e. The fourth-order valence-electron chi connectivity index (χ4n) is 2.33. The molecule has 0 fully saturated rings. The summed E-state index contributed by atoms with van der Waals surface area (Å²) in [5, 5.41) is 3.25. The van der Waals surface area contributed by atoms with Crippen molar-refractivity contribution in [1.82, 2.24) is 15.0 Å². The number of nitrogens with zero attached hydrogens (tertiary/aromatic N) is 3. The van der Waals surface area contributed by atoms with Gasteiger partial charge in [-0.3, -0.25) is 4.79 Å². The van der Waals surface area contributed by atoms with E-state index in [9.17, 15) is 4.79 Å². The Bertz CT molecular complexity index is 883. The minimum absolute atomic E-state index is 0.117. The summed E-state index contributed by atoms with van der Waals surface area (Å²) >= 11 is 3.26. The average Bonchev–Trinajstić information content (AvgIpc) is 2.62. The molecule has 25 heavy (non-hydrogen) atoms. The van der Waals surface area contributed by atoms with E-state index < -0.39 is 0 Å². The number of carbonyl (C=O) groups is 1. The SMILES string of the molecule is Nc1ncccc1NCc1cccc(CC(=O)c2ncc(Br)cn2)c1. The molecule has 0 aliphatic heterocycles. The maximum absolute atomic E-state index is 12.3. The molecule has 0 bridgehead atoms. The van der Waals surface area contributed by atoms with Crippen molar-refractivity contribution < 1.29 is 4.79 Å². The van der Waals surface area contributed by atoms with Crippen molar-refractivity contribution in [3.63, 3.8) is 0 Å². The molecule has 0 saturated heterocycles. The van der Waals surface area contributed by atoms with Gasteiger partial charge in [0.2, 0.25) is 5.78 Å². The lowest BCUT2D eigenvalue weighted by atomic mass is 10.1. The third-order valence-corrected chi connectivity index (χ3v) is 3.96. The van der Waals surface area contributed by atoms with Crippen LogP contribution in [0.15, 0.2) is 59.5 Å². The number of benzene rings is 1. The summed E-state index contributed by atoms with van der Waals surface area (Å²) in [5.74, 6) is 0.560. The molecule has 126 valence electrons. The van der Waals surface area contributed by atoms with Crippen LogP contribution in [-0.2, 0) is 13.0 Å². The van der Waals surface area contributed by atoms with Crippen molar-refractivity contribution in [2.45, 2.75) is 13.0 Å². The van der Waals surface area contributed by atoms with Crippen molar-refractivity contribution in [1.29, 1.82) is 0 Å². The van der Waals surface area contributed by atoms with E-state index in [2.05, 4.69) is 36.2 Å². The van der Waals surface area contributed by atoms with E-state index in [1.165, 1.54) is 0 Å². The molecule has 3 N–H and O–H groups in total. The van der Waals surface area contributed by atoms with Gasteiger partial charge in [-0.1, -0.05) is 24.3 Å². The summed E-state index contributed by atoms with van der Waals surface area (Å²) in [4.78, 5) is 24.4. The molecular formula is C18H16BrN5O. The van der Waals surface area contributed by atoms with Crippen LogP contribution in [0.5, 0.6) is 0 Å². The normalized spacial score (nSPS) is 10.4. The smallest absolute Gasteiger partial charge is 0.204 e. The van der Waals surface area contributed by atoms with Gasteiger partial charge >= 0.3 is 0 Å². The Morgan fingerprint density at radius 3 is 2.60 bits per heavy atom. The molecular weight excluding hydrogens is 382 g/mol. The molecule has 0 saturated carbocycles. The Morgan fingerprint density at radius 1 is 1.08 bits per heavy atom. The number of ketones is 1. The first-order valence-corrected chi connectivity index (χ1v) is 8.44. The van der Waals surface area contributed by atoms with Crippen LogP contribution in [0.2, 0.25) is 0 Å². The Labute approximate surface area is 153 Å². The highest BCUT2D eigenvalue weighted by molar-refractivity contribution is 9.10. The highest BCUT2D eigenvalue weighted by Crippen LogP contribution is 2.16. The molecule has 3 aromatic rings. The molecule has 2 heterocycles. The zero-order valence-electron chi connectivity index (χ0n) is 13.3. The van der Waals surface area contributed by atoms with E-state index in [1.54, 1.807) is 18.6 Å². The fourth-order valence-corrected chi connectivity index (χ4v) is 2.54.